The second-order valence-electron chi connectivity index (χ2n) is 5.65. The normalized spacial score (nSPS) is 11.1. The molecule has 0 aliphatic heterocycles. The predicted octanol–water partition coefficient (Wildman–Crippen LogP) is 4.92. The van der Waals surface area contributed by atoms with E-state index in [1.807, 2.05) is 48.5 Å². The van der Waals surface area contributed by atoms with E-state index >= 15 is 0 Å². The molecular weight excluding hydrogens is 362 g/mol. The van der Waals surface area contributed by atoms with Crippen LogP contribution < -0.4 is 14.9 Å². The van der Waals surface area contributed by atoms with Crippen LogP contribution in [-0.2, 0) is 6.61 Å². The number of methoxy groups -OCH3 is 1. The lowest BCUT2D eigenvalue weighted by Crippen LogP contribution is -1.94. The number of nitrogens with one attached hydrogen (secondary N) is 1. The van der Waals surface area contributed by atoms with Crippen LogP contribution in [0, 0.1) is 0 Å². The lowest BCUT2D eigenvalue weighted by molar-refractivity contribution is 0.231. The van der Waals surface area contributed by atoms with Gasteiger partial charge in [0.15, 0.2) is 5.76 Å². The van der Waals surface area contributed by atoms with Crippen LogP contribution in [0.15, 0.2) is 70.2 Å². The maximum atomic E-state index is 5.65. The highest BCUT2D eigenvalue weighted by molar-refractivity contribution is 7.22. The largest absolute Gasteiger partial charge is 0.497 e. The third-order valence-electron chi connectivity index (χ3n) is 3.79. The van der Waals surface area contributed by atoms with Crippen LogP contribution in [0.2, 0.25) is 0 Å². The summed E-state index contributed by atoms with van der Waals surface area (Å²) < 4.78 is 17.5. The van der Waals surface area contributed by atoms with Gasteiger partial charge in [-0.1, -0.05) is 35.6 Å². The van der Waals surface area contributed by atoms with Crippen LogP contribution in [0.4, 0.5) is 5.13 Å². The summed E-state index contributed by atoms with van der Waals surface area (Å²) in [5.74, 6) is 1.84. The number of hydrogen-bond acceptors (Lipinski definition) is 7. The smallest absolute Gasteiger partial charge is 0.285 e. The van der Waals surface area contributed by atoms with E-state index < -0.39 is 0 Å². The summed E-state index contributed by atoms with van der Waals surface area (Å²) in [7, 11) is 1.64. The highest BCUT2D eigenvalue weighted by Gasteiger charge is 2.03. The van der Waals surface area contributed by atoms with E-state index in [1.54, 1.807) is 36.8 Å². The SMILES string of the molecule is COc1ccc(COc2ccc(/C=N/Nc3nc4ccccc4s3)o2)cc1. The van der Waals surface area contributed by atoms with Gasteiger partial charge < -0.3 is 13.9 Å². The van der Waals surface area contributed by atoms with Gasteiger partial charge in [-0.2, -0.15) is 5.10 Å². The number of thiazole rings is 1. The van der Waals surface area contributed by atoms with E-state index in [2.05, 4.69) is 15.5 Å². The Balaban J connectivity index is 1.32. The first-order valence-corrected chi connectivity index (χ1v) is 9.12. The topological polar surface area (TPSA) is 68.9 Å². The minimum absolute atomic E-state index is 0.415. The summed E-state index contributed by atoms with van der Waals surface area (Å²) in [4.78, 5) is 4.45. The van der Waals surface area contributed by atoms with Crippen molar-refractivity contribution in [2.24, 2.45) is 5.10 Å². The zero-order chi connectivity index (χ0) is 18.5. The van der Waals surface area contributed by atoms with Gasteiger partial charge in [-0.3, -0.25) is 5.43 Å². The van der Waals surface area contributed by atoms with Gasteiger partial charge in [0.2, 0.25) is 5.13 Å². The van der Waals surface area contributed by atoms with Crippen molar-refractivity contribution in [1.82, 2.24) is 4.98 Å². The van der Waals surface area contributed by atoms with Gasteiger partial charge in [0.25, 0.3) is 5.95 Å². The van der Waals surface area contributed by atoms with Crippen molar-refractivity contribution in [3.63, 3.8) is 0 Å². The maximum absolute atomic E-state index is 5.65. The summed E-state index contributed by atoms with van der Waals surface area (Å²) >= 11 is 1.55. The number of hydrazone groups is 1. The Labute approximate surface area is 160 Å². The summed E-state index contributed by atoms with van der Waals surface area (Å²) in [6.45, 7) is 0.415. The molecule has 0 saturated carbocycles. The van der Waals surface area contributed by atoms with Crippen molar-refractivity contribution in [3.8, 4) is 11.7 Å². The molecule has 0 amide bonds. The number of ether oxygens (including phenoxy) is 2. The molecule has 0 bridgehead atoms. The Morgan fingerprint density at radius 1 is 1.11 bits per heavy atom. The molecule has 0 saturated heterocycles. The molecule has 1 N–H and O–H groups in total. The number of aromatic nitrogens is 1. The van der Waals surface area contributed by atoms with Gasteiger partial charge in [-0.15, -0.1) is 0 Å². The summed E-state index contributed by atoms with van der Waals surface area (Å²) in [5, 5.41) is 4.90. The van der Waals surface area contributed by atoms with E-state index in [1.165, 1.54) is 0 Å². The number of benzene rings is 2. The third-order valence-corrected chi connectivity index (χ3v) is 4.73. The zero-order valence-corrected chi connectivity index (χ0v) is 15.4. The number of fused-ring (bicyclic) bond motifs is 1. The monoisotopic (exact) mass is 379 g/mol. The number of anilines is 1. The van der Waals surface area contributed by atoms with Crippen LogP contribution in [0.25, 0.3) is 10.2 Å². The van der Waals surface area contributed by atoms with Crippen LogP contribution in [-0.4, -0.2) is 18.3 Å². The lowest BCUT2D eigenvalue weighted by Gasteiger charge is -2.04. The van der Waals surface area contributed by atoms with Gasteiger partial charge in [-0.05, 0) is 35.9 Å². The Kier molecular flexibility index (Phi) is 5.02. The molecule has 0 unspecified atom stereocenters. The fraction of sp³-hybridized carbons (Fsp3) is 0.100. The fourth-order valence-corrected chi connectivity index (χ4v) is 3.24. The Morgan fingerprint density at radius 3 is 2.78 bits per heavy atom. The summed E-state index contributed by atoms with van der Waals surface area (Å²) in [6.07, 6.45) is 1.59. The molecule has 0 atom stereocenters. The number of rotatable bonds is 7. The highest BCUT2D eigenvalue weighted by atomic mass is 32.1. The number of para-hydroxylation sites is 1. The second kappa shape index (κ2) is 7.92. The quantitative estimate of drug-likeness (QED) is 0.364. The van der Waals surface area contributed by atoms with E-state index in [0.29, 0.717) is 18.3 Å². The molecule has 0 fully saturated rings. The molecule has 0 spiro atoms. The number of nitrogens with zero attached hydrogens (tertiary/aromatic N) is 2. The van der Waals surface area contributed by atoms with E-state index in [4.69, 9.17) is 13.9 Å². The first-order valence-electron chi connectivity index (χ1n) is 8.30. The number of hydrogen-bond donors (Lipinski definition) is 1. The molecule has 2 aromatic carbocycles. The first kappa shape index (κ1) is 17.1. The Hall–Kier alpha value is -3.32. The maximum Gasteiger partial charge on any atom is 0.285 e. The zero-order valence-electron chi connectivity index (χ0n) is 14.6. The predicted molar refractivity (Wildman–Crippen MR) is 107 cm³/mol. The molecule has 136 valence electrons. The van der Waals surface area contributed by atoms with Crippen molar-refractivity contribution in [2.75, 3.05) is 12.5 Å². The minimum Gasteiger partial charge on any atom is -0.497 e. The summed E-state index contributed by atoms with van der Waals surface area (Å²) in [5.41, 5.74) is 4.90. The Bertz CT molecular complexity index is 1020. The molecule has 6 nitrogen and oxygen atoms in total. The van der Waals surface area contributed by atoms with E-state index in [0.717, 1.165) is 26.7 Å². The standard InChI is InChI=1S/C20H17N3O3S/c1-24-15-8-6-14(7-9-15)13-25-19-11-10-16(26-19)12-21-23-20-22-17-4-2-3-5-18(17)27-20/h2-12H,13H2,1H3,(H,22,23)/b21-12+. The van der Waals surface area contributed by atoms with Crippen molar-refractivity contribution in [3.05, 3.63) is 72.0 Å². The van der Waals surface area contributed by atoms with Crippen molar-refractivity contribution in [2.45, 2.75) is 6.61 Å². The van der Waals surface area contributed by atoms with Crippen molar-refractivity contribution < 1.29 is 13.9 Å². The first-order chi connectivity index (χ1) is 13.3. The lowest BCUT2D eigenvalue weighted by atomic mass is 10.2. The molecule has 2 aromatic heterocycles. The van der Waals surface area contributed by atoms with Crippen molar-refractivity contribution in [1.29, 1.82) is 0 Å². The molecule has 0 radical (unpaired) electrons. The molecule has 2 heterocycles. The fourth-order valence-electron chi connectivity index (χ4n) is 2.43. The van der Waals surface area contributed by atoms with E-state index in [9.17, 15) is 0 Å². The third kappa shape index (κ3) is 4.27. The van der Waals surface area contributed by atoms with Gasteiger partial charge in [0.1, 0.15) is 12.4 Å². The minimum atomic E-state index is 0.415. The highest BCUT2D eigenvalue weighted by Crippen LogP contribution is 2.25. The van der Waals surface area contributed by atoms with Crippen molar-refractivity contribution >= 4 is 32.9 Å². The molecule has 0 aliphatic carbocycles. The molecule has 27 heavy (non-hydrogen) atoms. The van der Waals surface area contributed by atoms with Crippen LogP contribution >= 0.6 is 11.3 Å². The summed E-state index contributed by atoms with van der Waals surface area (Å²) in [6, 6.07) is 19.2. The van der Waals surface area contributed by atoms with Gasteiger partial charge in [0.05, 0.1) is 23.5 Å². The van der Waals surface area contributed by atoms with Crippen LogP contribution in [0.3, 0.4) is 0 Å². The number of furan rings is 1. The average Bonchev–Trinajstić information content (AvgIpc) is 3.33. The molecule has 4 rings (SSSR count). The molecule has 7 heteroatoms. The molecular formula is C20H17N3O3S. The average molecular weight is 379 g/mol. The van der Waals surface area contributed by atoms with E-state index in [-0.39, 0.29) is 0 Å². The van der Waals surface area contributed by atoms with Gasteiger partial charge in [-0.25, -0.2) is 4.98 Å². The van der Waals surface area contributed by atoms with Gasteiger partial charge >= 0.3 is 0 Å². The second-order valence-corrected chi connectivity index (χ2v) is 6.68. The molecule has 4 aromatic rings. The Morgan fingerprint density at radius 2 is 1.96 bits per heavy atom. The van der Waals surface area contributed by atoms with Crippen LogP contribution in [0.5, 0.6) is 11.7 Å². The van der Waals surface area contributed by atoms with Crippen LogP contribution in [0.1, 0.15) is 11.3 Å². The molecule has 0 aliphatic rings. The van der Waals surface area contributed by atoms with Gasteiger partial charge in [0, 0.05) is 6.07 Å².